The summed E-state index contributed by atoms with van der Waals surface area (Å²) in [5.74, 6) is 0. The van der Waals surface area contributed by atoms with Crippen molar-refractivity contribution in [2.45, 2.75) is 36.8 Å². The SMILES string of the molecule is FC(F)(Br)OC1CC[CH]CC1. The number of alkyl halides is 3. The van der Waals surface area contributed by atoms with Crippen molar-refractivity contribution in [1.82, 2.24) is 0 Å². The van der Waals surface area contributed by atoms with Crippen LogP contribution >= 0.6 is 15.9 Å². The molecule has 0 aromatic carbocycles. The topological polar surface area (TPSA) is 9.23 Å². The van der Waals surface area contributed by atoms with Gasteiger partial charge in [-0.15, -0.1) is 0 Å². The molecule has 65 valence electrons. The van der Waals surface area contributed by atoms with Crippen LogP contribution in [0.2, 0.25) is 0 Å². The second-order valence-corrected chi connectivity index (χ2v) is 3.55. The summed E-state index contributed by atoms with van der Waals surface area (Å²) in [4.78, 5) is 0. The summed E-state index contributed by atoms with van der Waals surface area (Å²) < 4.78 is 28.8. The molecule has 0 spiro atoms. The van der Waals surface area contributed by atoms with Crippen LogP contribution in [-0.2, 0) is 4.74 Å². The van der Waals surface area contributed by atoms with Crippen LogP contribution < -0.4 is 0 Å². The van der Waals surface area contributed by atoms with Crippen LogP contribution in [0.1, 0.15) is 25.7 Å². The Hall–Kier alpha value is 0.300. The van der Waals surface area contributed by atoms with Gasteiger partial charge in [0, 0.05) is 15.9 Å². The molecular formula is C7H10BrF2O. The summed E-state index contributed by atoms with van der Waals surface area (Å²) in [5.41, 5.74) is 0. The van der Waals surface area contributed by atoms with Crippen LogP contribution in [0.5, 0.6) is 0 Å². The second-order valence-electron chi connectivity index (χ2n) is 2.63. The van der Waals surface area contributed by atoms with Crippen molar-refractivity contribution in [3.05, 3.63) is 6.42 Å². The van der Waals surface area contributed by atoms with Gasteiger partial charge < -0.3 is 4.74 Å². The number of ether oxygens (including phenoxy) is 1. The Morgan fingerprint density at radius 2 is 1.91 bits per heavy atom. The van der Waals surface area contributed by atoms with Crippen LogP contribution in [0.4, 0.5) is 8.78 Å². The molecule has 1 nitrogen and oxygen atoms in total. The molecule has 1 rings (SSSR count). The molecule has 4 heteroatoms. The van der Waals surface area contributed by atoms with Gasteiger partial charge in [-0.2, -0.15) is 8.78 Å². The van der Waals surface area contributed by atoms with Gasteiger partial charge in [0.25, 0.3) is 0 Å². The van der Waals surface area contributed by atoms with Gasteiger partial charge in [0.2, 0.25) is 0 Å². The zero-order valence-corrected chi connectivity index (χ0v) is 7.61. The van der Waals surface area contributed by atoms with E-state index in [0.29, 0.717) is 12.8 Å². The normalized spacial score (nSPS) is 22.1. The zero-order valence-electron chi connectivity index (χ0n) is 6.03. The van der Waals surface area contributed by atoms with Crippen molar-refractivity contribution in [2.24, 2.45) is 0 Å². The summed E-state index contributed by atoms with van der Waals surface area (Å²) in [6.45, 7) is 0. The van der Waals surface area contributed by atoms with E-state index in [1.807, 2.05) is 0 Å². The van der Waals surface area contributed by atoms with Gasteiger partial charge in [-0.1, -0.05) is 0 Å². The Bertz CT molecular complexity index is 118. The number of rotatable bonds is 2. The van der Waals surface area contributed by atoms with Gasteiger partial charge in [-0.3, -0.25) is 0 Å². The van der Waals surface area contributed by atoms with Crippen molar-refractivity contribution < 1.29 is 13.5 Å². The van der Waals surface area contributed by atoms with Crippen molar-refractivity contribution in [1.29, 1.82) is 0 Å². The molecule has 0 unspecified atom stereocenters. The van der Waals surface area contributed by atoms with Gasteiger partial charge in [0.05, 0.1) is 6.10 Å². The standard InChI is InChI=1S/C7H10BrF2O/c8-7(9,10)11-6-4-2-1-3-5-6/h1,6H,2-5H2. The number of hydrogen-bond acceptors (Lipinski definition) is 1. The molecule has 0 amide bonds. The van der Waals surface area contributed by atoms with E-state index in [2.05, 4.69) is 27.1 Å². The third-order valence-corrected chi connectivity index (χ3v) is 1.87. The molecule has 1 fully saturated rings. The molecule has 0 aromatic rings. The Balaban J connectivity index is 2.24. The maximum atomic E-state index is 12.2. The molecule has 1 aliphatic carbocycles. The maximum Gasteiger partial charge on any atom is 0.414 e. The minimum Gasteiger partial charge on any atom is -0.308 e. The average molecular weight is 228 g/mol. The van der Waals surface area contributed by atoms with Crippen LogP contribution in [0.25, 0.3) is 0 Å². The van der Waals surface area contributed by atoms with Crippen LogP contribution in [-0.4, -0.2) is 11.1 Å². The Labute approximate surface area is 73.2 Å². The summed E-state index contributed by atoms with van der Waals surface area (Å²) in [7, 11) is 0. The largest absolute Gasteiger partial charge is 0.414 e. The van der Waals surface area contributed by atoms with Crippen molar-refractivity contribution in [3.63, 3.8) is 0 Å². The van der Waals surface area contributed by atoms with E-state index >= 15 is 0 Å². The van der Waals surface area contributed by atoms with E-state index in [-0.39, 0.29) is 6.10 Å². The molecule has 0 aromatic heterocycles. The third kappa shape index (κ3) is 4.01. The molecule has 0 heterocycles. The highest BCUT2D eigenvalue weighted by Gasteiger charge is 2.30. The first-order valence-electron chi connectivity index (χ1n) is 3.64. The smallest absolute Gasteiger partial charge is 0.308 e. The molecule has 11 heavy (non-hydrogen) atoms. The lowest BCUT2D eigenvalue weighted by atomic mass is 9.98. The fourth-order valence-corrected chi connectivity index (χ4v) is 1.47. The lowest BCUT2D eigenvalue weighted by Crippen LogP contribution is -2.24. The fourth-order valence-electron chi connectivity index (χ4n) is 1.20. The van der Waals surface area contributed by atoms with Gasteiger partial charge >= 0.3 is 5.02 Å². The average Bonchev–Trinajstić information content (AvgIpc) is 1.85. The quantitative estimate of drug-likeness (QED) is 0.660. The molecule has 1 radical (unpaired) electrons. The fraction of sp³-hybridized carbons (Fsp3) is 0.857. The highest BCUT2D eigenvalue weighted by Crippen LogP contribution is 2.30. The lowest BCUT2D eigenvalue weighted by Gasteiger charge is -2.23. The van der Waals surface area contributed by atoms with E-state index in [0.717, 1.165) is 12.8 Å². The van der Waals surface area contributed by atoms with Crippen molar-refractivity contribution >= 4 is 15.9 Å². The second kappa shape index (κ2) is 3.81. The maximum absolute atomic E-state index is 12.2. The molecule has 1 saturated carbocycles. The van der Waals surface area contributed by atoms with E-state index in [1.165, 1.54) is 0 Å². The van der Waals surface area contributed by atoms with Crippen LogP contribution in [0.15, 0.2) is 0 Å². The van der Waals surface area contributed by atoms with Gasteiger partial charge in [0.15, 0.2) is 0 Å². The van der Waals surface area contributed by atoms with E-state index in [9.17, 15) is 8.78 Å². The predicted molar refractivity (Wildman–Crippen MR) is 41.5 cm³/mol. The van der Waals surface area contributed by atoms with E-state index in [4.69, 9.17) is 0 Å². The van der Waals surface area contributed by atoms with Crippen LogP contribution in [0, 0.1) is 6.42 Å². The first kappa shape index (κ1) is 9.39. The van der Waals surface area contributed by atoms with Crippen molar-refractivity contribution in [3.8, 4) is 0 Å². The van der Waals surface area contributed by atoms with E-state index in [1.54, 1.807) is 0 Å². The molecule has 0 atom stereocenters. The Morgan fingerprint density at radius 1 is 1.36 bits per heavy atom. The summed E-state index contributed by atoms with van der Waals surface area (Å²) in [5, 5.41) is -3.14. The van der Waals surface area contributed by atoms with Crippen molar-refractivity contribution in [2.75, 3.05) is 0 Å². The number of hydrogen-bond donors (Lipinski definition) is 0. The summed E-state index contributed by atoms with van der Waals surface area (Å²) in [6.07, 6.45) is 5.00. The molecule has 0 N–H and O–H groups in total. The molecule has 0 aliphatic heterocycles. The Morgan fingerprint density at radius 3 is 2.36 bits per heavy atom. The minimum atomic E-state index is -3.14. The monoisotopic (exact) mass is 227 g/mol. The van der Waals surface area contributed by atoms with Crippen LogP contribution in [0.3, 0.4) is 0 Å². The summed E-state index contributed by atoms with van der Waals surface area (Å²) >= 11 is 2.15. The molecule has 1 aliphatic rings. The predicted octanol–water partition coefficient (Wildman–Crippen LogP) is 3.10. The zero-order chi connectivity index (χ0) is 8.32. The summed E-state index contributed by atoms with van der Waals surface area (Å²) in [6, 6.07) is 0. The highest BCUT2D eigenvalue weighted by atomic mass is 79.9. The van der Waals surface area contributed by atoms with Gasteiger partial charge in [-0.05, 0) is 32.1 Å². The highest BCUT2D eigenvalue weighted by molar-refractivity contribution is 9.09. The molecular weight excluding hydrogens is 218 g/mol. The lowest BCUT2D eigenvalue weighted by molar-refractivity contribution is -0.191. The van der Waals surface area contributed by atoms with Gasteiger partial charge in [0.1, 0.15) is 0 Å². The number of halogens is 3. The minimum absolute atomic E-state index is 0.283. The molecule has 0 bridgehead atoms. The van der Waals surface area contributed by atoms with E-state index < -0.39 is 5.02 Å². The first-order valence-corrected chi connectivity index (χ1v) is 4.43. The van der Waals surface area contributed by atoms with Gasteiger partial charge in [-0.25, -0.2) is 0 Å². The molecule has 0 saturated heterocycles. The third-order valence-electron chi connectivity index (χ3n) is 1.69. The Kier molecular flexibility index (Phi) is 3.25. The first-order chi connectivity index (χ1) is 5.08.